The molecule has 1 aliphatic rings. The van der Waals surface area contributed by atoms with Crippen LogP contribution in [0.15, 0.2) is 42.0 Å². The summed E-state index contributed by atoms with van der Waals surface area (Å²) in [6.07, 6.45) is 3.63. The van der Waals surface area contributed by atoms with Gasteiger partial charge in [-0.05, 0) is 25.1 Å². The summed E-state index contributed by atoms with van der Waals surface area (Å²) in [6, 6.07) is 6.59. The topological polar surface area (TPSA) is 76.4 Å². The van der Waals surface area contributed by atoms with Crippen molar-refractivity contribution in [2.75, 3.05) is 31.6 Å². The van der Waals surface area contributed by atoms with Crippen LogP contribution in [-0.4, -0.2) is 63.7 Å². The first-order valence-electron chi connectivity index (χ1n) is 10.7. The average Bonchev–Trinajstić information content (AvgIpc) is 3.49. The number of benzene rings is 1. The lowest BCUT2D eigenvalue weighted by atomic mass is 10.1. The number of halogens is 2. The lowest BCUT2D eigenvalue weighted by molar-refractivity contribution is -0.117. The van der Waals surface area contributed by atoms with Crippen molar-refractivity contribution in [3.05, 3.63) is 52.9 Å². The maximum atomic E-state index is 14.7. The molecule has 2 atom stereocenters. The molecule has 0 bridgehead atoms. The number of pyridine rings is 1. The van der Waals surface area contributed by atoms with Crippen molar-refractivity contribution >= 4 is 45.9 Å². The maximum Gasteiger partial charge on any atom is 0.163 e. The Morgan fingerprint density at radius 3 is 2.85 bits per heavy atom. The SMILES string of the molecule is COc1cc(N2CCN(C(C=O)n3nc(-c4nccs4)c4cccnc43)C(C)C2)c(F)cc1Cl. The van der Waals surface area contributed by atoms with Crippen LogP contribution in [0.1, 0.15) is 13.1 Å². The number of fused-ring (bicyclic) bond motifs is 1. The smallest absolute Gasteiger partial charge is 0.163 e. The number of rotatable bonds is 6. The van der Waals surface area contributed by atoms with E-state index in [4.69, 9.17) is 21.4 Å². The molecule has 0 aliphatic carbocycles. The van der Waals surface area contributed by atoms with Crippen molar-refractivity contribution in [1.82, 2.24) is 24.6 Å². The summed E-state index contributed by atoms with van der Waals surface area (Å²) < 4.78 is 21.6. The molecule has 4 heterocycles. The summed E-state index contributed by atoms with van der Waals surface area (Å²) in [5.74, 6) is 0.0106. The molecule has 1 saturated heterocycles. The Morgan fingerprint density at radius 2 is 2.15 bits per heavy atom. The largest absolute Gasteiger partial charge is 0.495 e. The second kappa shape index (κ2) is 9.28. The second-order valence-electron chi connectivity index (χ2n) is 8.03. The number of thiazole rings is 1. The highest BCUT2D eigenvalue weighted by molar-refractivity contribution is 7.13. The number of hydrogen-bond donors (Lipinski definition) is 0. The fourth-order valence-corrected chi connectivity index (χ4v) is 5.30. The zero-order valence-corrected chi connectivity index (χ0v) is 20.1. The van der Waals surface area contributed by atoms with Crippen LogP contribution in [0.25, 0.3) is 21.7 Å². The molecule has 0 radical (unpaired) electrons. The summed E-state index contributed by atoms with van der Waals surface area (Å²) in [6.45, 7) is 3.56. The number of methoxy groups -OCH3 is 1. The summed E-state index contributed by atoms with van der Waals surface area (Å²) in [4.78, 5) is 25.3. The highest BCUT2D eigenvalue weighted by Crippen LogP contribution is 2.35. The first-order chi connectivity index (χ1) is 16.5. The van der Waals surface area contributed by atoms with Gasteiger partial charge in [-0.1, -0.05) is 11.6 Å². The number of carbonyl (C=O) groups excluding carboxylic acids is 1. The minimum Gasteiger partial charge on any atom is -0.495 e. The van der Waals surface area contributed by atoms with Gasteiger partial charge in [0.05, 0.1) is 17.8 Å². The Morgan fingerprint density at radius 1 is 1.29 bits per heavy atom. The van der Waals surface area contributed by atoms with Gasteiger partial charge in [0.15, 0.2) is 18.1 Å². The summed E-state index contributed by atoms with van der Waals surface area (Å²) in [5, 5.41) is 8.49. The fourth-order valence-electron chi connectivity index (χ4n) is 4.43. The van der Waals surface area contributed by atoms with Crippen LogP contribution < -0.4 is 9.64 Å². The summed E-state index contributed by atoms with van der Waals surface area (Å²) >= 11 is 7.54. The number of carbonyl (C=O) groups is 1. The summed E-state index contributed by atoms with van der Waals surface area (Å²) in [7, 11) is 1.50. The van der Waals surface area contributed by atoms with E-state index in [0.717, 1.165) is 16.7 Å². The molecule has 2 unspecified atom stereocenters. The zero-order chi connectivity index (χ0) is 23.8. The van der Waals surface area contributed by atoms with Gasteiger partial charge >= 0.3 is 0 Å². The minimum absolute atomic E-state index is 0.0729. The Kier molecular flexibility index (Phi) is 6.20. The predicted octanol–water partition coefficient (Wildman–Crippen LogP) is 4.26. The second-order valence-corrected chi connectivity index (χ2v) is 9.33. The van der Waals surface area contributed by atoms with Crippen LogP contribution in [0.4, 0.5) is 10.1 Å². The van der Waals surface area contributed by atoms with Crippen molar-refractivity contribution in [2.24, 2.45) is 0 Å². The maximum absolute atomic E-state index is 14.7. The molecule has 1 fully saturated rings. The van der Waals surface area contributed by atoms with Crippen LogP contribution in [-0.2, 0) is 4.79 Å². The molecule has 0 spiro atoms. The Balaban J connectivity index is 1.45. The number of anilines is 1. The Bertz CT molecular complexity index is 1330. The lowest BCUT2D eigenvalue weighted by Gasteiger charge is -2.43. The van der Waals surface area contributed by atoms with E-state index in [1.54, 1.807) is 23.1 Å². The first-order valence-corrected chi connectivity index (χ1v) is 12.0. The molecular weight excluding hydrogens is 479 g/mol. The highest BCUT2D eigenvalue weighted by atomic mass is 35.5. The van der Waals surface area contributed by atoms with Gasteiger partial charge in [0, 0.05) is 54.9 Å². The number of ether oxygens (including phenoxy) is 1. The van der Waals surface area contributed by atoms with E-state index >= 15 is 0 Å². The van der Waals surface area contributed by atoms with Gasteiger partial charge in [-0.3, -0.25) is 9.69 Å². The normalized spacial score (nSPS) is 17.8. The van der Waals surface area contributed by atoms with Crippen LogP contribution >= 0.6 is 22.9 Å². The van der Waals surface area contributed by atoms with E-state index in [9.17, 15) is 9.18 Å². The molecule has 0 saturated carbocycles. The third-order valence-electron chi connectivity index (χ3n) is 6.05. The Hall–Kier alpha value is -3.08. The average molecular weight is 501 g/mol. The molecule has 3 aromatic heterocycles. The zero-order valence-electron chi connectivity index (χ0n) is 18.6. The van der Waals surface area contributed by atoms with Crippen molar-refractivity contribution in [2.45, 2.75) is 19.1 Å². The molecule has 8 nitrogen and oxygen atoms in total. The molecule has 0 amide bonds. The van der Waals surface area contributed by atoms with Crippen LogP contribution in [0.5, 0.6) is 5.75 Å². The highest BCUT2D eigenvalue weighted by Gasteiger charge is 2.33. The monoisotopic (exact) mass is 500 g/mol. The van der Waals surface area contributed by atoms with Gasteiger partial charge in [-0.2, -0.15) is 5.10 Å². The lowest BCUT2D eigenvalue weighted by Crippen LogP contribution is -2.54. The van der Waals surface area contributed by atoms with E-state index in [1.807, 2.05) is 29.3 Å². The molecule has 0 N–H and O–H groups in total. The molecular formula is C23H22ClFN6O2S. The standard InChI is InChI=1S/C23H22ClFN6O2S/c1-14-12-29(18-11-19(33-2)16(24)10-17(18)25)7-8-30(14)20(13-32)31-22-15(4-3-5-26-22)21(28-31)23-27-6-9-34-23/h3-6,9-11,13-14,20H,7-8,12H2,1-2H3. The van der Waals surface area contributed by atoms with Crippen LogP contribution in [0.2, 0.25) is 5.02 Å². The van der Waals surface area contributed by atoms with E-state index in [0.29, 0.717) is 42.4 Å². The molecule has 4 aromatic rings. The first kappa shape index (κ1) is 22.7. The van der Waals surface area contributed by atoms with Crippen molar-refractivity contribution in [1.29, 1.82) is 0 Å². The number of piperazine rings is 1. The van der Waals surface area contributed by atoms with Gasteiger partial charge in [-0.25, -0.2) is 19.0 Å². The summed E-state index contributed by atoms with van der Waals surface area (Å²) in [5.41, 5.74) is 1.74. The number of hydrogen-bond acceptors (Lipinski definition) is 8. The quantitative estimate of drug-likeness (QED) is 0.366. The van der Waals surface area contributed by atoms with Gasteiger partial charge in [-0.15, -0.1) is 11.3 Å². The molecule has 1 aliphatic heterocycles. The van der Waals surface area contributed by atoms with E-state index in [1.165, 1.54) is 24.5 Å². The van der Waals surface area contributed by atoms with Gasteiger partial charge in [0.2, 0.25) is 0 Å². The fraction of sp³-hybridized carbons (Fsp3) is 0.304. The molecule has 34 heavy (non-hydrogen) atoms. The van der Waals surface area contributed by atoms with Gasteiger partial charge < -0.3 is 9.64 Å². The third kappa shape index (κ3) is 3.91. The molecule has 5 rings (SSSR count). The molecule has 1 aromatic carbocycles. The number of nitrogens with zero attached hydrogens (tertiary/aromatic N) is 6. The van der Waals surface area contributed by atoms with Crippen molar-refractivity contribution in [3.63, 3.8) is 0 Å². The minimum atomic E-state index is -0.659. The van der Waals surface area contributed by atoms with Gasteiger partial charge in [0.1, 0.15) is 22.3 Å². The van der Waals surface area contributed by atoms with Crippen LogP contribution in [0, 0.1) is 5.82 Å². The van der Waals surface area contributed by atoms with Crippen LogP contribution in [0.3, 0.4) is 0 Å². The molecule has 176 valence electrons. The third-order valence-corrected chi connectivity index (χ3v) is 7.13. The number of aldehydes is 1. The van der Waals surface area contributed by atoms with E-state index in [-0.39, 0.29) is 11.1 Å². The van der Waals surface area contributed by atoms with Crippen molar-refractivity contribution in [3.8, 4) is 16.5 Å². The van der Waals surface area contributed by atoms with E-state index in [2.05, 4.69) is 14.9 Å². The number of aromatic nitrogens is 4. The molecule has 11 heteroatoms. The van der Waals surface area contributed by atoms with E-state index < -0.39 is 12.0 Å². The Labute approximate surface area is 204 Å². The van der Waals surface area contributed by atoms with Gasteiger partial charge in [0.25, 0.3) is 0 Å². The van der Waals surface area contributed by atoms with Crippen molar-refractivity contribution < 1.29 is 13.9 Å². The predicted molar refractivity (Wildman–Crippen MR) is 130 cm³/mol.